The smallest absolute Gasteiger partial charge is 0.262 e. The number of nitrogens with one attached hydrogen (secondary N) is 1. The van der Waals surface area contributed by atoms with Gasteiger partial charge in [0.05, 0.1) is 29.6 Å². The zero-order valence-corrected chi connectivity index (χ0v) is 15.2. The highest BCUT2D eigenvalue weighted by molar-refractivity contribution is 6.24. The maximum atomic E-state index is 13.1. The van der Waals surface area contributed by atoms with E-state index >= 15 is 0 Å². The van der Waals surface area contributed by atoms with Crippen molar-refractivity contribution < 1.29 is 24.0 Å². The third kappa shape index (κ3) is 3.16. The molecule has 1 unspecified atom stereocenters. The normalized spacial score (nSPS) is 18.5. The largest absolute Gasteiger partial charge is 0.309 e. The van der Waals surface area contributed by atoms with E-state index in [1.54, 1.807) is 30.5 Å². The minimum absolute atomic E-state index is 0.0522. The van der Waals surface area contributed by atoms with Gasteiger partial charge in [0.2, 0.25) is 18.2 Å². The van der Waals surface area contributed by atoms with Gasteiger partial charge in [-0.25, -0.2) is 0 Å². The molecule has 1 atom stereocenters. The first-order valence-electron chi connectivity index (χ1n) is 8.96. The third-order valence-corrected chi connectivity index (χ3v) is 5.00. The number of amides is 5. The quantitative estimate of drug-likeness (QED) is 0.590. The van der Waals surface area contributed by atoms with Gasteiger partial charge in [-0.05, 0) is 30.2 Å². The maximum absolute atomic E-state index is 13.1. The van der Waals surface area contributed by atoms with Crippen molar-refractivity contribution in [3.8, 4) is 0 Å². The van der Waals surface area contributed by atoms with Crippen LogP contribution in [-0.4, -0.2) is 46.0 Å². The Bertz CT molecular complexity index is 1040. The van der Waals surface area contributed by atoms with Crippen molar-refractivity contribution in [2.24, 2.45) is 0 Å². The van der Waals surface area contributed by atoms with E-state index in [9.17, 15) is 24.0 Å². The zero-order chi connectivity index (χ0) is 20.5. The van der Waals surface area contributed by atoms with Gasteiger partial charge in [0.15, 0.2) is 0 Å². The van der Waals surface area contributed by atoms with Crippen LogP contribution in [0.25, 0.3) is 0 Å². The number of aromatic nitrogens is 1. The van der Waals surface area contributed by atoms with Gasteiger partial charge in [-0.1, -0.05) is 12.1 Å². The lowest BCUT2D eigenvalue weighted by molar-refractivity contribution is -0.136. The van der Waals surface area contributed by atoms with Crippen molar-refractivity contribution in [1.82, 2.24) is 15.2 Å². The molecule has 0 saturated carbocycles. The summed E-state index contributed by atoms with van der Waals surface area (Å²) in [6.45, 7) is 0.0561. The standard InChI is InChI=1S/C20H16N4O5/c25-11-23(13-4-2-8-21-9-13)10-12-3-1-5-14-17(12)20(29)24(19(14)28)15-6-7-16(26)22-18(15)27/h1-5,8-9,11,15H,6-7,10H2,(H,22,26,27). The number of carbonyl (C=O) groups is 5. The number of hydrogen-bond donors (Lipinski definition) is 1. The van der Waals surface area contributed by atoms with E-state index in [4.69, 9.17) is 0 Å². The van der Waals surface area contributed by atoms with Gasteiger partial charge in [-0.15, -0.1) is 0 Å². The first-order chi connectivity index (χ1) is 14.0. The molecule has 0 aliphatic carbocycles. The number of nitrogens with zero attached hydrogens (tertiary/aromatic N) is 3. The van der Waals surface area contributed by atoms with Crippen molar-refractivity contribution in [3.63, 3.8) is 0 Å². The minimum atomic E-state index is -1.03. The van der Waals surface area contributed by atoms with Crippen molar-refractivity contribution in [1.29, 1.82) is 0 Å². The average molecular weight is 392 g/mol. The summed E-state index contributed by atoms with van der Waals surface area (Å²) in [5.74, 6) is -2.28. The van der Waals surface area contributed by atoms with E-state index in [1.807, 2.05) is 0 Å². The lowest BCUT2D eigenvalue weighted by Gasteiger charge is -2.28. The summed E-state index contributed by atoms with van der Waals surface area (Å²) in [6, 6.07) is 7.15. The molecule has 3 heterocycles. The van der Waals surface area contributed by atoms with E-state index in [-0.39, 0.29) is 30.5 Å². The van der Waals surface area contributed by atoms with Crippen LogP contribution in [0.2, 0.25) is 0 Å². The number of piperidine rings is 1. The summed E-state index contributed by atoms with van der Waals surface area (Å²) in [5, 5.41) is 2.17. The molecule has 0 spiro atoms. The van der Waals surface area contributed by atoms with Gasteiger partial charge in [0.25, 0.3) is 11.8 Å². The van der Waals surface area contributed by atoms with Crippen LogP contribution in [0, 0.1) is 0 Å². The molecule has 2 aromatic rings. The molecule has 146 valence electrons. The second-order valence-corrected chi connectivity index (χ2v) is 6.73. The number of carbonyl (C=O) groups excluding carboxylic acids is 5. The first-order valence-corrected chi connectivity index (χ1v) is 8.96. The summed E-state index contributed by atoms with van der Waals surface area (Å²) < 4.78 is 0. The summed E-state index contributed by atoms with van der Waals surface area (Å²) in [7, 11) is 0. The minimum Gasteiger partial charge on any atom is -0.309 e. The van der Waals surface area contributed by atoms with Crippen molar-refractivity contribution in [3.05, 3.63) is 59.4 Å². The molecule has 29 heavy (non-hydrogen) atoms. The molecule has 1 N–H and O–H groups in total. The Morgan fingerprint density at radius 3 is 2.66 bits per heavy atom. The van der Waals surface area contributed by atoms with Crippen LogP contribution < -0.4 is 10.2 Å². The third-order valence-electron chi connectivity index (χ3n) is 5.00. The highest BCUT2D eigenvalue weighted by atomic mass is 16.2. The Kier molecular flexibility index (Phi) is 4.63. The van der Waals surface area contributed by atoms with Gasteiger partial charge in [0.1, 0.15) is 6.04 Å². The van der Waals surface area contributed by atoms with E-state index in [0.717, 1.165) is 4.90 Å². The molecular weight excluding hydrogens is 376 g/mol. The topological polar surface area (TPSA) is 117 Å². The van der Waals surface area contributed by atoms with Gasteiger partial charge >= 0.3 is 0 Å². The number of rotatable bonds is 5. The van der Waals surface area contributed by atoms with Gasteiger partial charge < -0.3 is 4.90 Å². The molecule has 0 radical (unpaired) electrons. The summed E-state index contributed by atoms with van der Waals surface area (Å²) in [5.41, 5.74) is 1.36. The fourth-order valence-electron chi connectivity index (χ4n) is 3.61. The molecule has 4 rings (SSSR count). The molecule has 5 amide bonds. The molecule has 9 heteroatoms. The molecule has 1 aromatic heterocycles. The molecule has 1 saturated heterocycles. The van der Waals surface area contributed by atoms with Crippen LogP contribution >= 0.6 is 0 Å². The number of imide groups is 2. The Balaban J connectivity index is 1.67. The molecular formula is C20H16N4O5. The van der Waals surface area contributed by atoms with Crippen LogP contribution in [0.4, 0.5) is 5.69 Å². The molecule has 2 aliphatic heterocycles. The summed E-state index contributed by atoms with van der Waals surface area (Å²) in [4.78, 5) is 67.4. The second-order valence-electron chi connectivity index (χ2n) is 6.73. The second kappa shape index (κ2) is 7.27. The highest BCUT2D eigenvalue weighted by Crippen LogP contribution is 2.31. The number of pyridine rings is 1. The van der Waals surface area contributed by atoms with E-state index in [1.165, 1.54) is 17.2 Å². The Hall–Kier alpha value is -3.88. The molecule has 1 aromatic carbocycles. The van der Waals surface area contributed by atoms with Crippen LogP contribution in [0.3, 0.4) is 0 Å². The maximum Gasteiger partial charge on any atom is 0.262 e. The Morgan fingerprint density at radius 1 is 1.14 bits per heavy atom. The Morgan fingerprint density at radius 2 is 1.97 bits per heavy atom. The van der Waals surface area contributed by atoms with E-state index in [2.05, 4.69) is 10.3 Å². The van der Waals surface area contributed by atoms with Gasteiger partial charge in [-0.2, -0.15) is 0 Å². The van der Waals surface area contributed by atoms with Gasteiger partial charge in [0, 0.05) is 12.6 Å². The van der Waals surface area contributed by atoms with E-state index < -0.39 is 29.7 Å². The SMILES string of the molecule is O=CN(Cc1cccc2c1C(=O)N(C1CCC(=O)NC1=O)C2=O)c1cccnc1. The number of fused-ring (bicyclic) bond motifs is 1. The molecule has 1 fully saturated rings. The number of anilines is 1. The lowest BCUT2D eigenvalue weighted by Crippen LogP contribution is -2.54. The molecule has 0 bridgehead atoms. The monoisotopic (exact) mass is 392 g/mol. The highest BCUT2D eigenvalue weighted by Gasteiger charge is 2.45. The average Bonchev–Trinajstić information content (AvgIpc) is 2.98. The zero-order valence-electron chi connectivity index (χ0n) is 15.2. The van der Waals surface area contributed by atoms with Crippen LogP contribution in [0.15, 0.2) is 42.7 Å². The number of benzene rings is 1. The number of hydrogen-bond acceptors (Lipinski definition) is 6. The Labute approximate surface area is 165 Å². The van der Waals surface area contributed by atoms with Crippen molar-refractivity contribution >= 4 is 35.7 Å². The summed E-state index contributed by atoms with van der Waals surface area (Å²) >= 11 is 0. The van der Waals surface area contributed by atoms with E-state index in [0.29, 0.717) is 17.7 Å². The summed E-state index contributed by atoms with van der Waals surface area (Å²) in [6.07, 6.45) is 3.85. The van der Waals surface area contributed by atoms with Crippen LogP contribution in [0.5, 0.6) is 0 Å². The molecule has 2 aliphatic rings. The van der Waals surface area contributed by atoms with Gasteiger partial charge in [-0.3, -0.25) is 39.2 Å². The predicted molar refractivity (Wildman–Crippen MR) is 99.6 cm³/mol. The lowest BCUT2D eigenvalue weighted by atomic mass is 10.0. The predicted octanol–water partition coefficient (Wildman–Crippen LogP) is 0.646. The fraction of sp³-hybridized carbons (Fsp3) is 0.200. The van der Waals surface area contributed by atoms with Crippen LogP contribution in [0.1, 0.15) is 39.1 Å². The van der Waals surface area contributed by atoms with Crippen LogP contribution in [-0.2, 0) is 20.9 Å². The van der Waals surface area contributed by atoms with Crippen molar-refractivity contribution in [2.75, 3.05) is 4.90 Å². The first kappa shape index (κ1) is 18.5. The fourth-order valence-corrected chi connectivity index (χ4v) is 3.61. The molecule has 9 nitrogen and oxygen atoms in total. The van der Waals surface area contributed by atoms with Crippen molar-refractivity contribution in [2.45, 2.75) is 25.4 Å².